The van der Waals surface area contributed by atoms with Gasteiger partial charge in [0.2, 0.25) is 0 Å². The Hall–Kier alpha value is -1.78. The molecule has 1 saturated carbocycles. The zero-order valence-electron chi connectivity index (χ0n) is 9.28. The van der Waals surface area contributed by atoms with Crippen LogP contribution in [0.1, 0.15) is 29.6 Å². The van der Waals surface area contributed by atoms with Gasteiger partial charge in [-0.05, 0) is 24.5 Å². The second kappa shape index (κ2) is 4.61. The second-order valence-electron chi connectivity index (χ2n) is 4.22. The van der Waals surface area contributed by atoms with E-state index >= 15 is 0 Å². The van der Waals surface area contributed by atoms with Crippen molar-refractivity contribution in [1.82, 2.24) is 0 Å². The largest absolute Gasteiger partial charge is 0.493 e. The molecule has 92 valence electrons. The molecule has 1 aromatic carbocycles. The van der Waals surface area contributed by atoms with Gasteiger partial charge < -0.3 is 15.6 Å². The molecule has 3 N–H and O–H groups in total. The molecule has 0 atom stereocenters. The van der Waals surface area contributed by atoms with Gasteiger partial charge in [-0.1, -0.05) is 12.8 Å². The number of halogens is 1. The number of nitrogen functional groups attached to an aromatic ring is 1. The molecule has 17 heavy (non-hydrogen) atoms. The molecule has 1 aliphatic rings. The quantitative estimate of drug-likeness (QED) is 0.773. The van der Waals surface area contributed by atoms with Crippen LogP contribution in [0.4, 0.5) is 10.1 Å². The van der Waals surface area contributed by atoms with Crippen molar-refractivity contribution in [2.75, 3.05) is 12.3 Å². The van der Waals surface area contributed by atoms with Crippen LogP contribution in [0, 0.1) is 11.7 Å². The predicted molar refractivity (Wildman–Crippen MR) is 60.6 cm³/mol. The molecule has 0 amide bonds. The maximum Gasteiger partial charge on any atom is 0.341 e. The average molecular weight is 239 g/mol. The highest BCUT2D eigenvalue weighted by atomic mass is 19.1. The first kappa shape index (κ1) is 11.7. The molecule has 0 bridgehead atoms. The van der Waals surface area contributed by atoms with E-state index in [4.69, 9.17) is 15.6 Å². The van der Waals surface area contributed by atoms with Crippen LogP contribution in [0.5, 0.6) is 5.75 Å². The maximum absolute atomic E-state index is 13.1. The molecule has 4 nitrogen and oxygen atoms in total. The number of carboxylic acid groups (broad SMARTS) is 1. The molecule has 0 saturated heterocycles. The minimum atomic E-state index is -1.27. The van der Waals surface area contributed by atoms with Crippen molar-refractivity contribution >= 4 is 11.7 Å². The zero-order valence-corrected chi connectivity index (χ0v) is 9.28. The van der Waals surface area contributed by atoms with Crippen LogP contribution in [0.3, 0.4) is 0 Å². The Labute approximate surface area is 98.2 Å². The SMILES string of the molecule is Nc1c(F)ccc(OCCC2CC2)c1C(=O)O. The van der Waals surface area contributed by atoms with Crippen molar-refractivity contribution < 1.29 is 19.0 Å². The number of benzene rings is 1. The lowest BCUT2D eigenvalue weighted by Gasteiger charge is -2.11. The average Bonchev–Trinajstić information content (AvgIpc) is 3.07. The topological polar surface area (TPSA) is 72.5 Å². The lowest BCUT2D eigenvalue weighted by atomic mass is 10.1. The first-order chi connectivity index (χ1) is 8.09. The van der Waals surface area contributed by atoms with Crippen molar-refractivity contribution in [3.8, 4) is 5.75 Å². The van der Waals surface area contributed by atoms with Crippen molar-refractivity contribution in [3.63, 3.8) is 0 Å². The lowest BCUT2D eigenvalue weighted by Crippen LogP contribution is -2.09. The third-order valence-electron chi connectivity index (χ3n) is 2.85. The Kier molecular flexibility index (Phi) is 3.17. The molecule has 0 spiro atoms. The summed E-state index contributed by atoms with van der Waals surface area (Å²) in [6, 6.07) is 2.43. The Bertz CT molecular complexity index is 444. The van der Waals surface area contributed by atoms with Gasteiger partial charge in [-0.25, -0.2) is 9.18 Å². The highest BCUT2D eigenvalue weighted by Gasteiger charge is 2.22. The molecule has 0 aliphatic heterocycles. The predicted octanol–water partition coefficient (Wildman–Crippen LogP) is 2.29. The normalized spacial score (nSPS) is 14.6. The van der Waals surface area contributed by atoms with E-state index in [1.54, 1.807) is 0 Å². The molecule has 0 aromatic heterocycles. The van der Waals surface area contributed by atoms with Crippen LogP contribution in [-0.4, -0.2) is 17.7 Å². The van der Waals surface area contributed by atoms with Crippen molar-refractivity contribution in [3.05, 3.63) is 23.5 Å². The fraction of sp³-hybridized carbons (Fsp3) is 0.417. The van der Waals surface area contributed by atoms with E-state index in [1.807, 2.05) is 0 Å². The molecule has 0 heterocycles. The molecule has 1 fully saturated rings. The molecule has 1 aliphatic carbocycles. The molecule has 0 radical (unpaired) electrons. The highest BCUT2D eigenvalue weighted by Crippen LogP contribution is 2.33. The monoisotopic (exact) mass is 239 g/mol. The van der Waals surface area contributed by atoms with Crippen LogP contribution < -0.4 is 10.5 Å². The number of anilines is 1. The molecule has 5 heteroatoms. The van der Waals surface area contributed by atoms with E-state index in [1.165, 1.54) is 18.9 Å². The summed E-state index contributed by atoms with van der Waals surface area (Å²) in [4.78, 5) is 11.0. The van der Waals surface area contributed by atoms with Crippen LogP contribution in [0.15, 0.2) is 12.1 Å². The van der Waals surface area contributed by atoms with Gasteiger partial charge in [0, 0.05) is 0 Å². The van der Waals surface area contributed by atoms with Gasteiger partial charge in [0.05, 0.1) is 12.3 Å². The van der Waals surface area contributed by atoms with E-state index in [-0.39, 0.29) is 17.0 Å². The number of aromatic carboxylic acids is 1. The number of carbonyl (C=O) groups is 1. The fourth-order valence-corrected chi connectivity index (χ4v) is 1.66. The van der Waals surface area contributed by atoms with E-state index in [2.05, 4.69) is 0 Å². The third kappa shape index (κ3) is 2.67. The van der Waals surface area contributed by atoms with Crippen LogP contribution in [0.25, 0.3) is 0 Å². The summed E-state index contributed by atoms with van der Waals surface area (Å²) in [7, 11) is 0. The van der Waals surface area contributed by atoms with Gasteiger partial charge in [0.25, 0.3) is 0 Å². The van der Waals surface area contributed by atoms with Gasteiger partial charge >= 0.3 is 5.97 Å². The lowest BCUT2D eigenvalue weighted by molar-refractivity contribution is 0.0693. The molecule has 1 aromatic rings. The van der Waals surface area contributed by atoms with Gasteiger partial charge in [0.15, 0.2) is 0 Å². The number of hydrogen-bond donors (Lipinski definition) is 2. The second-order valence-corrected chi connectivity index (χ2v) is 4.22. The first-order valence-corrected chi connectivity index (χ1v) is 5.53. The number of nitrogens with two attached hydrogens (primary N) is 1. The van der Waals surface area contributed by atoms with Gasteiger partial charge in [0.1, 0.15) is 17.1 Å². The Morgan fingerprint density at radius 2 is 2.24 bits per heavy atom. The van der Waals surface area contributed by atoms with Crippen molar-refractivity contribution in [2.45, 2.75) is 19.3 Å². The van der Waals surface area contributed by atoms with E-state index < -0.39 is 11.8 Å². The van der Waals surface area contributed by atoms with Gasteiger partial charge in [-0.3, -0.25) is 0 Å². The number of carboxylic acids is 1. The summed E-state index contributed by atoms with van der Waals surface area (Å²) in [5.41, 5.74) is 4.73. The first-order valence-electron chi connectivity index (χ1n) is 5.53. The molecule has 2 rings (SSSR count). The van der Waals surface area contributed by atoms with Gasteiger partial charge in [-0.15, -0.1) is 0 Å². The summed E-state index contributed by atoms with van der Waals surface area (Å²) in [6.07, 6.45) is 3.32. The summed E-state index contributed by atoms with van der Waals surface area (Å²) in [6.45, 7) is 0.440. The Balaban J connectivity index is 2.13. The summed E-state index contributed by atoms with van der Waals surface area (Å²) < 4.78 is 18.5. The minimum absolute atomic E-state index is 0.136. The van der Waals surface area contributed by atoms with E-state index in [0.29, 0.717) is 12.5 Å². The van der Waals surface area contributed by atoms with Crippen molar-refractivity contribution in [1.29, 1.82) is 0 Å². The fourth-order valence-electron chi connectivity index (χ4n) is 1.66. The van der Waals surface area contributed by atoms with E-state index in [9.17, 15) is 9.18 Å². The number of rotatable bonds is 5. The van der Waals surface area contributed by atoms with Crippen LogP contribution in [-0.2, 0) is 0 Å². The summed E-state index contributed by atoms with van der Waals surface area (Å²) >= 11 is 0. The molecular weight excluding hydrogens is 225 g/mol. The molecular formula is C12H14FNO3. The summed E-state index contributed by atoms with van der Waals surface area (Å²) in [5, 5.41) is 8.97. The number of ether oxygens (including phenoxy) is 1. The highest BCUT2D eigenvalue weighted by molar-refractivity contribution is 5.96. The number of hydrogen-bond acceptors (Lipinski definition) is 3. The third-order valence-corrected chi connectivity index (χ3v) is 2.85. The zero-order chi connectivity index (χ0) is 12.4. The smallest absolute Gasteiger partial charge is 0.341 e. The van der Waals surface area contributed by atoms with Crippen molar-refractivity contribution in [2.24, 2.45) is 5.92 Å². The van der Waals surface area contributed by atoms with E-state index in [0.717, 1.165) is 12.5 Å². The summed E-state index contributed by atoms with van der Waals surface area (Å²) in [5.74, 6) is -1.18. The minimum Gasteiger partial charge on any atom is -0.493 e. The van der Waals surface area contributed by atoms with Gasteiger partial charge in [-0.2, -0.15) is 0 Å². The molecule has 0 unspecified atom stereocenters. The Morgan fingerprint density at radius 1 is 1.53 bits per heavy atom. The maximum atomic E-state index is 13.1. The standard InChI is InChI=1S/C12H14FNO3/c13-8-3-4-9(10(11(8)14)12(15)16)17-6-5-7-1-2-7/h3-4,7H,1-2,5-6,14H2,(H,15,16). The Morgan fingerprint density at radius 3 is 2.82 bits per heavy atom. The van der Waals surface area contributed by atoms with Crippen LogP contribution >= 0.6 is 0 Å². The van der Waals surface area contributed by atoms with Crippen LogP contribution in [0.2, 0.25) is 0 Å².